The van der Waals surface area contributed by atoms with Crippen LogP contribution in [0, 0.1) is 5.82 Å². The fraction of sp³-hybridized carbons (Fsp3) is 0.389. The third-order valence-corrected chi connectivity index (χ3v) is 4.43. The van der Waals surface area contributed by atoms with Crippen molar-refractivity contribution < 1.29 is 19.1 Å². The third kappa shape index (κ3) is 3.40. The molecular formula is C18H20FN3O3. The lowest BCUT2D eigenvalue weighted by molar-refractivity contribution is -0.137. The summed E-state index contributed by atoms with van der Waals surface area (Å²) in [4.78, 5) is 25.1. The van der Waals surface area contributed by atoms with E-state index < -0.39 is 11.9 Å². The Morgan fingerprint density at radius 1 is 1.32 bits per heavy atom. The maximum Gasteiger partial charge on any atom is 0.323 e. The summed E-state index contributed by atoms with van der Waals surface area (Å²) in [5.41, 5.74) is 2.61. The summed E-state index contributed by atoms with van der Waals surface area (Å²) in [6, 6.07) is 6.09. The van der Waals surface area contributed by atoms with Gasteiger partial charge < -0.3 is 10.0 Å². The molecule has 1 amide bonds. The molecule has 2 aromatic rings. The predicted octanol–water partition coefficient (Wildman–Crippen LogP) is 2.44. The van der Waals surface area contributed by atoms with E-state index in [1.165, 1.54) is 17.0 Å². The fourth-order valence-electron chi connectivity index (χ4n) is 3.23. The second kappa shape index (κ2) is 7.04. The van der Waals surface area contributed by atoms with Crippen molar-refractivity contribution in [1.82, 2.24) is 14.7 Å². The number of likely N-dealkylation sites (N-methyl/N-ethyl adjacent to an activating group) is 1. The summed E-state index contributed by atoms with van der Waals surface area (Å²) in [6.45, 7) is 1.65. The number of hydrogen-bond donors (Lipinski definition) is 1. The number of carboxylic acids is 1. The minimum absolute atomic E-state index is 0.280. The summed E-state index contributed by atoms with van der Waals surface area (Å²) in [6.07, 6.45) is 3.41. The highest BCUT2D eigenvalue weighted by atomic mass is 19.1. The van der Waals surface area contributed by atoms with Crippen LogP contribution in [0.2, 0.25) is 0 Å². The highest BCUT2D eigenvalue weighted by Crippen LogP contribution is 2.28. The van der Waals surface area contributed by atoms with Crippen molar-refractivity contribution >= 4 is 11.9 Å². The monoisotopic (exact) mass is 345 g/mol. The van der Waals surface area contributed by atoms with Crippen molar-refractivity contribution in [2.45, 2.75) is 32.6 Å². The van der Waals surface area contributed by atoms with Gasteiger partial charge in [-0.15, -0.1) is 0 Å². The number of aliphatic carboxylic acids is 1. The van der Waals surface area contributed by atoms with E-state index in [4.69, 9.17) is 5.11 Å². The van der Waals surface area contributed by atoms with Gasteiger partial charge in [-0.05, 0) is 50.8 Å². The number of amides is 1. The van der Waals surface area contributed by atoms with Crippen LogP contribution in [0.1, 0.15) is 41.5 Å². The van der Waals surface area contributed by atoms with Gasteiger partial charge in [-0.25, -0.2) is 9.07 Å². The Kier molecular flexibility index (Phi) is 4.83. The van der Waals surface area contributed by atoms with E-state index in [1.807, 2.05) is 0 Å². The van der Waals surface area contributed by atoms with E-state index in [-0.39, 0.29) is 24.6 Å². The van der Waals surface area contributed by atoms with E-state index in [0.29, 0.717) is 5.69 Å². The zero-order valence-corrected chi connectivity index (χ0v) is 14.0. The van der Waals surface area contributed by atoms with E-state index in [0.717, 1.165) is 36.9 Å². The summed E-state index contributed by atoms with van der Waals surface area (Å²) in [7, 11) is 0. The quantitative estimate of drug-likeness (QED) is 0.903. The van der Waals surface area contributed by atoms with Gasteiger partial charge in [0, 0.05) is 17.8 Å². The number of halogens is 1. The molecule has 0 bridgehead atoms. The van der Waals surface area contributed by atoms with Crippen LogP contribution in [0.3, 0.4) is 0 Å². The normalized spacial score (nSPS) is 13.4. The van der Waals surface area contributed by atoms with E-state index >= 15 is 0 Å². The van der Waals surface area contributed by atoms with Crippen molar-refractivity contribution in [1.29, 1.82) is 0 Å². The van der Waals surface area contributed by atoms with Gasteiger partial charge in [0.15, 0.2) is 5.69 Å². The van der Waals surface area contributed by atoms with Gasteiger partial charge in [0.1, 0.15) is 12.4 Å². The van der Waals surface area contributed by atoms with E-state index in [9.17, 15) is 14.0 Å². The van der Waals surface area contributed by atoms with E-state index in [1.54, 1.807) is 23.7 Å². The summed E-state index contributed by atoms with van der Waals surface area (Å²) < 4.78 is 15.2. The first-order valence-corrected chi connectivity index (χ1v) is 8.39. The van der Waals surface area contributed by atoms with Crippen molar-refractivity contribution in [3.05, 3.63) is 47.0 Å². The third-order valence-electron chi connectivity index (χ3n) is 4.43. The zero-order valence-electron chi connectivity index (χ0n) is 14.0. The topological polar surface area (TPSA) is 75.4 Å². The lowest BCUT2D eigenvalue weighted by Gasteiger charge is -2.18. The van der Waals surface area contributed by atoms with Gasteiger partial charge in [-0.2, -0.15) is 5.10 Å². The first-order chi connectivity index (χ1) is 12.0. The number of rotatable bonds is 5. The van der Waals surface area contributed by atoms with Crippen molar-refractivity contribution in [2.24, 2.45) is 0 Å². The lowest BCUT2D eigenvalue weighted by atomic mass is 9.95. The van der Waals surface area contributed by atoms with Crippen LogP contribution in [0.25, 0.3) is 5.69 Å². The Morgan fingerprint density at radius 2 is 2.08 bits per heavy atom. The minimum atomic E-state index is -1.06. The molecular weight excluding hydrogens is 325 g/mol. The van der Waals surface area contributed by atoms with Crippen LogP contribution in [-0.4, -0.2) is 44.8 Å². The predicted molar refractivity (Wildman–Crippen MR) is 89.4 cm³/mol. The van der Waals surface area contributed by atoms with Crippen LogP contribution >= 0.6 is 0 Å². The fourth-order valence-corrected chi connectivity index (χ4v) is 3.23. The number of carbonyl (C=O) groups excluding carboxylic acids is 1. The van der Waals surface area contributed by atoms with Crippen LogP contribution in [0.15, 0.2) is 24.3 Å². The standard InChI is InChI=1S/C18H20FN3O3/c1-2-21(11-16(23)24)18(25)17-14-8-3-4-9-15(14)22(20-17)13-7-5-6-12(19)10-13/h5-7,10H,2-4,8-9,11H2,1H3,(H,23,24). The van der Waals surface area contributed by atoms with Gasteiger partial charge in [-0.1, -0.05) is 6.07 Å². The summed E-state index contributed by atoms with van der Waals surface area (Å²) >= 11 is 0. The SMILES string of the molecule is CCN(CC(=O)O)C(=O)c1nn(-c2cccc(F)c2)c2c1CCCC2. The van der Waals surface area contributed by atoms with Crippen LogP contribution in [0.5, 0.6) is 0 Å². The Balaban J connectivity index is 2.06. The molecule has 1 aliphatic carbocycles. The first kappa shape index (κ1) is 17.1. The molecule has 1 aromatic heterocycles. The number of aromatic nitrogens is 2. The molecule has 1 heterocycles. The molecule has 25 heavy (non-hydrogen) atoms. The smallest absolute Gasteiger partial charge is 0.323 e. The number of benzene rings is 1. The Hall–Kier alpha value is -2.70. The number of hydrogen-bond acceptors (Lipinski definition) is 3. The first-order valence-electron chi connectivity index (χ1n) is 8.39. The molecule has 1 aliphatic rings. The van der Waals surface area contributed by atoms with Gasteiger partial charge in [0.05, 0.1) is 5.69 Å². The molecule has 1 N–H and O–H groups in total. The van der Waals surface area contributed by atoms with E-state index in [2.05, 4.69) is 5.10 Å². The molecule has 132 valence electrons. The van der Waals surface area contributed by atoms with Crippen LogP contribution in [-0.2, 0) is 17.6 Å². The van der Waals surface area contributed by atoms with Crippen LogP contribution in [0.4, 0.5) is 4.39 Å². The van der Waals surface area contributed by atoms with Crippen molar-refractivity contribution in [3.8, 4) is 5.69 Å². The maximum absolute atomic E-state index is 13.6. The van der Waals surface area contributed by atoms with Crippen molar-refractivity contribution in [2.75, 3.05) is 13.1 Å². The Morgan fingerprint density at radius 3 is 2.76 bits per heavy atom. The second-order valence-electron chi connectivity index (χ2n) is 6.09. The number of nitrogens with zero attached hydrogens (tertiary/aromatic N) is 3. The molecule has 0 unspecified atom stereocenters. The molecule has 6 nitrogen and oxygen atoms in total. The highest BCUT2D eigenvalue weighted by molar-refractivity contribution is 5.95. The molecule has 0 spiro atoms. The number of fused-ring (bicyclic) bond motifs is 1. The maximum atomic E-state index is 13.6. The summed E-state index contributed by atoms with van der Waals surface area (Å²) in [5.74, 6) is -1.82. The van der Waals surface area contributed by atoms with Crippen molar-refractivity contribution in [3.63, 3.8) is 0 Å². The molecule has 0 saturated carbocycles. The second-order valence-corrected chi connectivity index (χ2v) is 6.09. The average Bonchev–Trinajstić information content (AvgIpc) is 2.98. The number of carboxylic acid groups (broad SMARTS) is 1. The van der Waals surface area contributed by atoms with Gasteiger partial charge in [0.25, 0.3) is 5.91 Å². The molecule has 3 rings (SSSR count). The zero-order chi connectivity index (χ0) is 18.0. The van der Waals surface area contributed by atoms with Gasteiger partial charge in [-0.3, -0.25) is 9.59 Å². The Bertz CT molecular complexity index is 816. The lowest BCUT2D eigenvalue weighted by Crippen LogP contribution is -2.36. The molecule has 0 saturated heterocycles. The largest absolute Gasteiger partial charge is 0.480 e. The highest BCUT2D eigenvalue weighted by Gasteiger charge is 2.28. The minimum Gasteiger partial charge on any atom is -0.480 e. The molecule has 0 radical (unpaired) electrons. The average molecular weight is 345 g/mol. The molecule has 7 heteroatoms. The summed E-state index contributed by atoms with van der Waals surface area (Å²) in [5, 5.41) is 13.4. The van der Waals surface area contributed by atoms with Gasteiger partial charge >= 0.3 is 5.97 Å². The molecule has 0 atom stereocenters. The van der Waals surface area contributed by atoms with Gasteiger partial charge in [0.2, 0.25) is 0 Å². The van der Waals surface area contributed by atoms with Crippen LogP contribution < -0.4 is 0 Å². The number of carbonyl (C=O) groups is 2. The molecule has 0 aliphatic heterocycles. The molecule has 1 aromatic carbocycles. The molecule has 0 fully saturated rings. The Labute approximate surface area is 144 Å².